The lowest BCUT2D eigenvalue weighted by molar-refractivity contribution is -0.136. The third-order valence-corrected chi connectivity index (χ3v) is 5.77. The van der Waals surface area contributed by atoms with E-state index in [0.717, 1.165) is 43.7 Å². The Morgan fingerprint density at radius 3 is 2.41 bits per heavy atom. The minimum atomic E-state index is -0.356. The molecule has 0 spiro atoms. The van der Waals surface area contributed by atoms with E-state index < -0.39 is 0 Å². The lowest BCUT2D eigenvalue weighted by atomic mass is 9.96. The zero-order valence-corrected chi connectivity index (χ0v) is 15.8. The molecule has 1 atom stereocenters. The van der Waals surface area contributed by atoms with Crippen LogP contribution in [0.15, 0.2) is 36.0 Å². The summed E-state index contributed by atoms with van der Waals surface area (Å²) < 4.78 is 0. The first-order valence-corrected chi connectivity index (χ1v) is 9.82. The first-order valence-electron chi connectivity index (χ1n) is 9.44. The van der Waals surface area contributed by atoms with Gasteiger partial charge in [-0.1, -0.05) is 11.6 Å². The molecule has 0 saturated carbocycles. The topological polar surface area (TPSA) is 60.9 Å². The molecular formula is C20H22ClN3O3. The summed E-state index contributed by atoms with van der Waals surface area (Å²) in [6.07, 6.45) is 5.19. The molecule has 6 nitrogen and oxygen atoms in total. The van der Waals surface area contributed by atoms with Gasteiger partial charge in [0.2, 0.25) is 5.91 Å². The van der Waals surface area contributed by atoms with Crippen LogP contribution in [0.5, 0.6) is 0 Å². The number of carbonyl (C=O) groups excluding carboxylic acids is 3. The Balaban J connectivity index is 1.48. The maximum Gasteiger partial charge on any atom is 0.281 e. The smallest absolute Gasteiger partial charge is 0.281 e. The summed E-state index contributed by atoms with van der Waals surface area (Å²) in [5.74, 6) is -0.615. The molecule has 1 aromatic rings. The number of hydrogen-bond donors (Lipinski definition) is 0. The highest BCUT2D eigenvalue weighted by atomic mass is 35.5. The first kappa shape index (κ1) is 18.0. The summed E-state index contributed by atoms with van der Waals surface area (Å²) in [5.41, 5.74) is 0.885. The number of amides is 3. The van der Waals surface area contributed by atoms with Crippen LogP contribution in [0.3, 0.4) is 0 Å². The van der Waals surface area contributed by atoms with Crippen LogP contribution in [0.1, 0.15) is 25.7 Å². The van der Waals surface area contributed by atoms with Crippen molar-refractivity contribution in [2.75, 3.05) is 31.1 Å². The quantitative estimate of drug-likeness (QED) is 0.747. The van der Waals surface area contributed by atoms with Gasteiger partial charge in [-0.3, -0.25) is 14.4 Å². The Bertz CT molecular complexity index is 799. The summed E-state index contributed by atoms with van der Waals surface area (Å²) in [6.45, 7) is 2.84. The molecule has 2 fully saturated rings. The van der Waals surface area contributed by atoms with Gasteiger partial charge in [-0.25, -0.2) is 4.90 Å². The highest BCUT2D eigenvalue weighted by Crippen LogP contribution is 2.29. The molecule has 0 aromatic heterocycles. The Hall–Kier alpha value is -2.34. The van der Waals surface area contributed by atoms with Crippen molar-refractivity contribution in [1.82, 2.24) is 9.80 Å². The van der Waals surface area contributed by atoms with Gasteiger partial charge in [0, 0.05) is 37.3 Å². The van der Waals surface area contributed by atoms with Gasteiger partial charge >= 0.3 is 0 Å². The molecule has 1 aromatic carbocycles. The van der Waals surface area contributed by atoms with Crippen LogP contribution in [-0.2, 0) is 14.4 Å². The number of anilines is 1. The maximum atomic E-state index is 12.9. The molecule has 0 aliphatic carbocycles. The van der Waals surface area contributed by atoms with Crippen LogP contribution in [0.2, 0.25) is 5.02 Å². The monoisotopic (exact) mass is 387 g/mol. The molecule has 27 heavy (non-hydrogen) atoms. The highest BCUT2D eigenvalue weighted by Gasteiger charge is 2.38. The van der Waals surface area contributed by atoms with Crippen LogP contribution in [0, 0.1) is 5.92 Å². The van der Waals surface area contributed by atoms with E-state index in [1.807, 2.05) is 9.80 Å². The lowest BCUT2D eigenvalue weighted by Gasteiger charge is -2.35. The van der Waals surface area contributed by atoms with E-state index in [4.69, 9.17) is 11.6 Å². The van der Waals surface area contributed by atoms with Gasteiger partial charge in [0.15, 0.2) is 0 Å². The van der Waals surface area contributed by atoms with Crippen molar-refractivity contribution < 1.29 is 14.4 Å². The van der Waals surface area contributed by atoms with Gasteiger partial charge in [0.25, 0.3) is 11.8 Å². The molecule has 4 rings (SSSR count). The Kier molecular flexibility index (Phi) is 4.91. The predicted molar refractivity (Wildman–Crippen MR) is 102 cm³/mol. The molecule has 0 bridgehead atoms. The van der Waals surface area contributed by atoms with Gasteiger partial charge in [-0.05, 0) is 49.9 Å². The molecule has 3 amide bonds. The van der Waals surface area contributed by atoms with Crippen molar-refractivity contribution in [2.24, 2.45) is 5.92 Å². The van der Waals surface area contributed by atoms with Crippen molar-refractivity contribution >= 4 is 35.0 Å². The van der Waals surface area contributed by atoms with Crippen LogP contribution in [-0.4, -0.2) is 53.7 Å². The second-order valence-corrected chi connectivity index (χ2v) is 7.74. The summed E-state index contributed by atoms with van der Waals surface area (Å²) in [4.78, 5) is 43.1. The third-order valence-electron chi connectivity index (χ3n) is 5.52. The van der Waals surface area contributed by atoms with Crippen molar-refractivity contribution in [1.29, 1.82) is 0 Å². The van der Waals surface area contributed by atoms with E-state index in [0.29, 0.717) is 29.5 Å². The van der Waals surface area contributed by atoms with Crippen LogP contribution < -0.4 is 4.90 Å². The van der Waals surface area contributed by atoms with Crippen LogP contribution in [0.25, 0.3) is 0 Å². The summed E-state index contributed by atoms with van der Waals surface area (Å²) in [5, 5.41) is 0.547. The molecule has 0 N–H and O–H groups in total. The number of piperidine rings is 1. The van der Waals surface area contributed by atoms with Crippen LogP contribution >= 0.6 is 11.6 Å². The SMILES string of the molecule is O=C([C@@H]1CCCN(C2=CC(=O)N(c3ccc(Cl)cc3)C2=O)C1)N1CCCC1. The molecule has 0 radical (unpaired) electrons. The molecule has 3 aliphatic rings. The van der Waals surface area contributed by atoms with Gasteiger partial charge in [-0.2, -0.15) is 0 Å². The minimum Gasteiger partial charge on any atom is -0.366 e. The van der Waals surface area contributed by atoms with Gasteiger partial charge in [0.1, 0.15) is 5.70 Å². The van der Waals surface area contributed by atoms with Crippen molar-refractivity contribution in [3.05, 3.63) is 41.1 Å². The first-order chi connectivity index (χ1) is 13.0. The summed E-state index contributed by atoms with van der Waals surface area (Å²) in [7, 11) is 0. The minimum absolute atomic E-state index is 0.106. The number of nitrogens with zero attached hydrogens (tertiary/aromatic N) is 3. The van der Waals surface area contributed by atoms with E-state index in [-0.39, 0.29) is 23.6 Å². The fourth-order valence-corrected chi connectivity index (χ4v) is 4.24. The average Bonchev–Trinajstić information content (AvgIpc) is 3.31. The second-order valence-electron chi connectivity index (χ2n) is 7.30. The average molecular weight is 388 g/mol. The molecular weight excluding hydrogens is 366 g/mol. The summed E-state index contributed by atoms with van der Waals surface area (Å²) in [6, 6.07) is 6.62. The molecule has 2 saturated heterocycles. The number of carbonyl (C=O) groups is 3. The fraction of sp³-hybridized carbons (Fsp3) is 0.450. The number of likely N-dealkylation sites (tertiary alicyclic amines) is 2. The molecule has 3 aliphatic heterocycles. The number of halogens is 1. The molecule has 142 valence electrons. The number of rotatable bonds is 3. The molecule has 0 unspecified atom stereocenters. The van der Waals surface area contributed by atoms with Gasteiger partial charge < -0.3 is 9.80 Å². The van der Waals surface area contributed by atoms with Gasteiger partial charge in [0.05, 0.1) is 11.6 Å². The molecule has 7 heteroatoms. The van der Waals surface area contributed by atoms with E-state index in [1.165, 1.54) is 6.08 Å². The Labute approximate surface area is 163 Å². The molecule has 3 heterocycles. The fourth-order valence-electron chi connectivity index (χ4n) is 4.11. The largest absolute Gasteiger partial charge is 0.366 e. The Morgan fingerprint density at radius 2 is 1.70 bits per heavy atom. The highest BCUT2D eigenvalue weighted by molar-refractivity contribution is 6.32. The lowest BCUT2D eigenvalue weighted by Crippen LogP contribution is -2.45. The zero-order chi connectivity index (χ0) is 19.0. The van der Waals surface area contributed by atoms with Crippen molar-refractivity contribution in [3.8, 4) is 0 Å². The van der Waals surface area contributed by atoms with E-state index in [1.54, 1.807) is 24.3 Å². The maximum absolute atomic E-state index is 12.9. The number of imide groups is 1. The third kappa shape index (κ3) is 3.46. The number of hydrogen-bond acceptors (Lipinski definition) is 4. The van der Waals surface area contributed by atoms with E-state index in [2.05, 4.69) is 0 Å². The second kappa shape index (κ2) is 7.35. The Morgan fingerprint density at radius 1 is 1.00 bits per heavy atom. The van der Waals surface area contributed by atoms with E-state index >= 15 is 0 Å². The summed E-state index contributed by atoms with van der Waals surface area (Å²) >= 11 is 5.90. The normalized spacial score (nSPS) is 23.2. The zero-order valence-electron chi connectivity index (χ0n) is 15.1. The van der Waals surface area contributed by atoms with E-state index in [9.17, 15) is 14.4 Å². The van der Waals surface area contributed by atoms with Crippen LogP contribution in [0.4, 0.5) is 5.69 Å². The predicted octanol–water partition coefficient (Wildman–Crippen LogP) is 2.43. The van der Waals surface area contributed by atoms with Crippen molar-refractivity contribution in [2.45, 2.75) is 25.7 Å². The number of benzene rings is 1. The standard InChI is InChI=1S/C20H22ClN3O3/c21-15-5-7-16(8-6-15)24-18(25)12-17(20(24)27)23-11-3-4-14(13-23)19(26)22-9-1-2-10-22/h5-8,12,14H,1-4,9-11,13H2/t14-/m1/s1. The van der Waals surface area contributed by atoms with Gasteiger partial charge in [-0.15, -0.1) is 0 Å². The van der Waals surface area contributed by atoms with Crippen molar-refractivity contribution in [3.63, 3.8) is 0 Å².